The van der Waals surface area contributed by atoms with Crippen molar-refractivity contribution < 1.29 is 23.2 Å². The summed E-state index contributed by atoms with van der Waals surface area (Å²) in [4.78, 5) is 9.76. The third-order valence-electron chi connectivity index (χ3n) is 2.12. The zero-order valence-electron chi connectivity index (χ0n) is 8.86. The largest absolute Gasteiger partial charge is 0.416 e. The van der Waals surface area contributed by atoms with Crippen LogP contribution in [-0.2, 0) is 12.6 Å². The van der Waals surface area contributed by atoms with Gasteiger partial charge in [0.2, 0.25) is 0 Å². The molecule has 0 aliphatic rings. The maximum absolute atomic E-state index is 12.4. The second-order valence-electron chi connectivity index (χ2n) is 3.65. The van der Waals surface area contributed by atoms with Crippen LogP contribution in [0.3, 0.4) is 0 Å². The fraction of sp³-hybridized carbons (Fsp3) is 0.400. The van der Waals surface area contributed by atoms with E-state index in [1.165, 1.54) is 6.92 Å². The molecule has 0 aliphatic heterocycles. The van der Waals surface area contributed by atoms with E-state index in [9.17, 15) is 23.3 Å². The van der Waals surface area contributed by atoms with Crippen molar-refractivity contribution in [2.45, 2.75) is 25.6 Å². The van der Waals surface area contributed by atoms with E-state index in [0.29, 0.717) is 6.07 Å². The van der Waals surface area contributed by atoms with E-state index in [2.05, 4.69) is 0 Å². The van der Waals surface area contributed by atoms with Crippen LogP contribution in [0.25, 0.3) is 0 Å². The summed E-state index contributed by atoms with van der Waals surface area (Å²) in [5, 5.41) is 19.7. The number of alkyl halides is 3. The van der Waals surface area contributed by atoms with Crippen LogP contribution >= 0.6 is 0 Å². The van der Waals surface area contributed by atoms with Crippen molar-refractivity contribution in [2.24, 2.45) is 0 Å². The first-order valence-electron chi connectivity index (χ1n) is 4.74. The van der Waals surface area contributed by atoms with Gasteiger partial charge in [-0.3, -0.25) is 10.1 Å². The van der Waals surface area contributed by atoms with Crippen LogP contribution in [0.15, 0.2) is 18.2 Å². The summed E-state index contributed by atoms with van der Waals surface area (Å²) in [6, 6.07) is 2.27. The van der Waals surface area contributed by atoms with Gasteiger partial charge in [-0.2, -0.15) is 13.2 Å². The average Bonchev–Trinajstić information content (AvgIpc) is 2.15. The Morgan fingerprint density at radius 3 is 2.47 bits per heavy atom. The van der Waals surface area contributed by atoms with Gasteiger partial charge in [0, 0.05) is 18.1 Å². The lowest BCUT2D eigenvalue weighted by molar-refractivity contribution is -0.385. The summed E-state index contributed by atoms with van der Waals surface area (Å²) in [5.74, 6) is 0. The first-order valence-corrected chi connectivity index (χ1v) is 4.74. The van der Waals surface area contributed by atoms with Crippen LogP contribution in [-0.4, -0.2) is 16.1 Å². The number of hydrogen-bond acceptors (Lipinski definition) is 3. The highest BCUT2D eigenvalue weighted by molar-refractivity contribution is 5.44. The maximum Gasteiger partial charge on any atom is 0.416 e. The van der Waals surface area contributed by atoms with E-state index < -0.39 is 28.5 Å². The second-order valence-corrected chi connectivity index (χ2v) is 3.65. The number of nitro benzene ring substituents is 1. The molecule has 7 heteroatoms. The molecule has 1 aromatic carbocycles. The third-order valence-corrected chi connectivity index (χ3v) is 2.12. The minimum atomic E-state index is -4.62. The molecule has 0 radical (unpaired) electrons. The van der Waals surface area contributed by atoms with E-state index in [1.54, 1.807) is 0 Å². The van der Waals surface area contributed by atoms with Crippen molar-refractivity contribution in [1.82, 2.24) is 0 Å². The van der Waals surface area contributed by atoms with E-state index >= 15 is 0 Å². The molecule has 0 spiro atoms. The molecule has 0 bridgehead atoms. The Hall–Kier alpha value is -1.63. The highest BCUT2D eigenvalue weighted by Crippen LogP contribution is 2.33. The minimum absolute atomic E-state index is 0.0611. The van der Waals surface area contributed by atoms with E-state index in [-0.39, 0.29) is 12.0 Å². The fourth-order valence-corrected chi connectivity index (χ4v) is 1.40. The Bertz CT molecular complexity index is 429. The van der Waals surface area contributed by atoms with Gasteiger partial charge in [-0.1, -0.05) is 6.07 Å². The first kappa shape index (κ1) is 13.4. The normalized spacial score (nSPS) is 13.5. The summed E-state index contributed by atoms with van der Waals surface area (Å²) in [5.41, 5.74) is -1.61. The molecule has 1 N–H and O–H groups in total. The third kappa shape index (κ3) is 3.42. The standard InChI is InChI=1S/C10H10F3NO3/c1-6(15)4-7-2-3-8(10(11,12)13)5-9(7)14(16)17/h2-3,5-6,15H,4H2,1H3/t6-/m1/s1. The quantitative estimate of drug-likeness (QED) is 0.661. The van der Waals surface area contributed by atoms with Crippen molar-refractivity contribution in [2.75, 3.05) is 0 Å². The molecular weight excluding hydrogens is 239 g/mol. The van der Waals surface area contributed by atoms with E-state index in [0.717, 1.165) is 12.1 Å². The van der Waals surface area contributed by atoms with Gasteiger partial charge in [0.25, 0.3) is 5.69 Å². The van der Waals surface area contributed by atoms with Crippen molar-refractivity contribution >= 4 is 5.69 Å². The van der Waals surface area contributed by atoms with Crippen LogP contribution in [0.4, 0.5) is 18.9 Å². The summed E-state index contributed by atoms with van der Waals surface area (Å²) in [6.07, 6.45) is -5.53. The number of nitro groups is 1. The minimum Gasteiger partial charge on any atom is -0.393 e. The molecule has 1 aromatic rings. The molecule has 4 nitrogen and oxygen atoms in total. The highest BCUT2D eigenvalue weighted by Gasteiger charge is 2.32. The Balaban J connectivity index is 3.22. The molecule has 0 aromatic heterocycles. The number of aliphatic hydroxyl groups is 1. The highest BCUT2D eigenvalue weighted by atomic mass is 19.4. The van der Waals surface area contributed by atoms with Gasteiger partial charge in [0.05, 0.1) is 16.6 Å². The average molecular weight is 249 g/mol. The molecule has 0 aliphatic carbocycles. The summed E-state index contributed by atoms with van der Waals surface area (Å²) in [6.45, 7) is 1.40. The van der Waals surface area contributed by atoms with Crippen molar-refractivity contribution in [3.8, 4) is 0 Å². The lowest BCUT2D eigenvalue weighted by Gasteiger charge is -2.09. The molecule has 1 rings (SSSR count). The summed E-state index contributed by atoms with van der Waals surface area (Å²) < 4.78 is 37.1. The van der Waals surface area contributed by atoms with Crippen molar-refractivity contribution in [3.05, 3.63) is 39.4 Å². The predicted molar refractivity (Wildman–Crippen MR) is 53.5 cm³/mol. The molecule has 0 saturated heterocycles. The molecule has 0 unspecified atom stereocenters. The van der Waals surface area contributed by atoms with Gasteiger partial charge in [-0.25, -0.2) is 0 Å². The summed E-state index contributed by atoms with van der Waals surface area (Å²) in [7, 11) is 0. The molecule has 17 heavy (non-hydrogen) atoms. The van der Waals surface area contributed by atoms with Crippen LogP contribution < -0.4 is 0 Å². The van der Waals surface area contributed by atoms with E-state index in [4.69, 9.17) is 5.11 Å². The van der Waals surface area contributed by atoms with Gasteiger partial charge < -0.3 is 5.11 Å². The fourth-order valence-electron chi connectivity index (χ4n) is 1.40. The summed E-state index contributed by atoms with van der Waals surface area (Å²) >= 11 is 0. The number of hydrogen-bond donors (Lipinski definition) is 1. The number of halogens is 3. The SMILES string of the molecule is C[C@@H](O)Cc1ccc(C(F)(F)F)cc1[N+](=O)[O-]. The Labute approximate surface area is 94.8 Å². The molecule has 0 fully saturated rings. The van der Waals surface area contributed by atoms with Gasteiger partial charge in [-0.15, -0.1) is 0 Å². The van der Waals surface area contributed by atoms with E-state index in [1.807, 2.05) is 0 Å². The Morgan fingerprint density at radius 2 is 2.06 bits per heavy atom. The Morgan fingerprint density at radius 1 is 1.47 bits per heavy atom. The predicted octanol–water partition coefficient (Wildman–Crippen LogP) is 2.54. The zero-order chi connectivity index (χ0) is 13.2. The molecule has 0 saturated carbocycles. The first-order chi connectivity index (χ1) is 7.71. The van der Waals surface area contributed by atoms with Crippen LogP contribution in [0.5, 0.6) is 0 Å². The number of aliphatic hydroxyl groups excluding tert-OH is 1. The second kappa shape index (κ2) is 4.70. The maximum atomic E-state index is 12.4. The van der Waals surface area contributed by atoms with Gasteiger partial charge >= 0.3 is 6.18 Å². The van der Waals surface area contributed by atoms with Crippen LogP contribution in [0.2, 0.25) is 0 Å². The lowest BCUT2D eigenvalue weighted by Crippen LogP contribution is -2.10. The van der Waals surface area contributed by atoms with Crippen molar-refractivity contribution in [3.63, 3.8) is 0 Å². The molecule has 0 amide bonds. The Kier molecular flexibility index (Phi) is 3.72. The lowest BCUT2D eigenvalue weighted by atomic mass is 10.0. The smallest absolute Gasteiger partial charge is 0.393 e. The molecule has 1 atom stereocenters. The van der Waals surface area contributed by atoms with Crippen LogP contribution in [0, 0.1) is 10.1 Å². The molecule has 0 heterocycles. The zero-order valence-corrected chi connectivity index (χ0v) is 8.86. The molecular formula is C10H10F3NO3. The number of benzene rings is 1. The topological polar surface area (TPSA) is 63.4 Å². The number of nitrogens with zero attached hydrogens (tertiary/aromatic N) is 1. The van der Waals surface area contributed by atoms with Crippen LogP contribution in [0.1, 0.15) is 18.1 Å². The number of rotatable bonds is 3. The monoisotopic (exact) mass is 249 g/mol. The molecule has 94 valence electrons. The van der Waals surface area contributed by atoms with Crippen molar-refractivity contribution in [1.29, 1.82) is 0 Å². The van der Waals surface area contributed by atoms with Gasteiger partial charge in [-0.05, 0) is 13.0 Å². The van der Waals surface area contributed by atoms with Gasteiger partial charge in [0.1, 0.15) is 0 Å². The van der Waals surface area contributed by atoms with Gasteiger partial charge in [0.15, 0.2) is 0 Å².